The normalized spacial score (nSPS) is 22.9. The highest BCUT2D eigenvalue weighted by Crippen LogP contribution is 2.48. The fourth-order valence-corrected chi connectivity index (χ4v) is 3.29. The molecule has 1 aliphatic heterocycles. The second-order valence-corrected chi connectivity index (χ2v) is 6.24. The molecule has 0 N–H and O–H groups in total. The number of nitrogens with zero attached hydrogens (tertiary/aromatic N) is 4. The van der Waals surface area contributed by atoms with Gasteiger partial charge in [-0.3, -0.25) is 4.79 Å². The first kappa shape index (κ1) is 14.9. The number of aromatic nitrogens is 2. The number of piperazine rings is 1. The quantitative estimate of drug-likeness (QED) is 0.862. The van der Waals surface area contributed by atoms with Gasteiger partial charge in [-0.25, -0.2) is 9.37 Å². The summed E-state index contributed by atoms with van der Waals surface area (Å²) in [6.07, 6.45) is 5.07. The van der Waals surface area contributed by atoms with Crippen LogP contribution in [-0.2, 0) is 4.79 Å². The first-order valence-corrected chi connectivity index (χ1v) is 8.12. The average molecular weight is 324 g/mol. The maximum atomic E-state index is 13.0. The van der Waals surface area contributed by atoms with Gasteiger partial charge in [-0.1, -0.05) is 12.1 Å². The molecule has 1 saturated heterocycles. The highest BCUT2D eigenvalue weighted by atomic mass is 19.1. The zero-order chi connectivity index (χ0) is 16.5. The third kappa shape index (κ3) is 2.90. The van der Waals surface area contributed by atoms with Gasteiger partial charge in [0.2, 0.25) is 11.9 Å². The molecule has 0 unspecified atom stereocenters. The van der Waals surface area contributed by atoms with E-state index in [4.69, 9.17) is 0 Å². The van der Waals surface area contributed by atoms with Gasteiger partial charge in [-0.15, -0.1) is 0 Å². The maximum Gasteiger partial charge on any atom is 0.235 e. The zero-order valence-corrected chi connectivity index (χ0v) is 13.2. The number of carbonyl (C=O) groups excluding carboxylic acids is 1. The molecule has 122 valence electrons. The summed E-state index contributed by atoms with van der Waals surface area (Å²) in [6.45, 7) is 2.79. The second-order valence-electron chi connectivity index (χ2n) is 6.24. The van der Waals surface area contributed by atoms with E-state index >= 15 is 0 Å². The van der Waals surface area contributed by atoms with Crippen molar-refractivity contribution in [2.75, 3.05) is 31.1 Å². The minimum absolute atomic E-state index is 0.0397. The predicted molar refractivity (Wildman–Crippen MR) is 85.7 cm³/mol. The molecule has 2 fully saturated rings. The number of hydrogen-bond acceptors (Lipinski definition) is 4. The van der Waals surface area contributed by atoms with Crippen molar-refractivity contribution in [2.45, 2.75) is 12.3 Å². The highest BCUT2D eigenvalue weighted by Gasteiger charge is 2.46. The molecule has 0 bridgehead atoms. The molecule has 2 atom stereocenters. The summed E-state index contributed by atoms with van der Waals surface area (Å²) in [6, 6.07) is 9.17. The van der Waals surface area contributed by atoms with Crippen LogP contribution in [0.3, 0.4) is 0 Å². The maximum absolute atomic E-state index is 13.0. The van der Waals surface area contributed by atoms with Crippen molar-refractivity contribution >= 4 is 11.9 Å². The molecule has 0 radical (unpaired) electrons. The smallest absolute Gasteiger partial charge is 0.235 e. The minimum atomic E-state index is -0.239. The van der Waals surface area contributed by atoms with E-state index in [-0.39, 0.29) is 23.6 Å². The van der Waals surface area contributed by atoms with E-state index in [1.54, 1.807) is 18.3 Å². The van der Waals surface area contributed by atoms with E-state index < -0.39 is 0 Å². The van der Waals surface area contributed by atoms with Crippen molar-refractivity contribution in [1.82, 2.24) is 14.9 Å². The number of benzene rings is 1. The summed E-state index contributed by atoms with van der Waals surface area (Å²) < 4.78 is 13.0. The number of hydrogen-bond donors (Lipinski definition) is 0. The lowest BCUT2D eigenvalue weighted by atomic mass is 10.1. The van der Waals surface area contributed by atoms with Crippen molar-refractivity contribution < 1.29 is 9.18 Å². The third-order valence-electron chi connectivity index (χ3n) is 4.75. The molecule has 2 aromatic rings. The minimum Gasteiger partial charge on any atom is -0.339 e. The summed E-state index contributed by atoms with van der Waals surface area (Å²) in [5, 5.41) is 0. The molecule has 1 aromatic carbocycles. The number of anilines is 1. The molecule has 24 heavy (non-hydrogen) atoms. The monoisotopic (exact) mass is 324 g/mol. The van der Waals surface area contributed by atoms with Gasteiger partial charge in [-0.05, 0) is 36.1 Å². The van der Waals surface area contributed by atoms with Crippen LogP contribution in [0.15, 0.2) is 30.5 Å². The van der Waals surface area contributed by atoms with Crippen molar-refractivity contribution in [1.29, 1.82) is 0 Å². The zero-order valence-electron chi connectivity index (χ0n) is 13.2. The van der Waals surface area contributed by atoms with Gasteiger partial charge >= 0.3 is 0 Å². The summed E-state index contributed by atoms with van der Waals surface area (Å²) in [5.41, 5.74) is 1.05. The first-order valence-electron chi connectivity index (χ1n) is 8.12. The molecule has 1 saturated carbocycles. The Kier molecular flexibility index (Phi) is 3.77. The van der Waals surface area contributed by atoms with Crippen LogP contribution in [-0.4, -0.2) is 47.0 Å². The molecular formula is C18H17FN4O. The summed E-state index contributed by atoms with van der Waals surface area (Å²) in [5.74, 6) is 0.877. The van der Waals surface area contributed by atoms with Crippen LogP contribution in [0.1, 0.15) is 17.9 Å². The van der Waals surface area contributed by atoms with Gasteiger partial charge in [0.05, 0.1) is 6.20 Å². The molecule has 1 aromatic heterocycles. The molecule has 1 amide bonds. The van der Waals surface area contributed by atoms with Gasteiger partial charge in [-0.2, -0.15) is 4.98 Å². The van der Waals surface area contributed by atoms with Crippen LogP contribution in [0, 0.1) is 24.0 Å². The molecule has 4 rings (SSSR count). The Labute approximate surface area is 140 Å². The van der Waals surface area contributed by atoms with Crippen molar-refractivity contribution in [2.24, 2.45) is 5.92 Å². The predicted octanol–water partition coefficient (Wildman–Crippen LogP) is 1.67. The number of halogens is 1. The van der Waals surface area contributed by atoms with Crippen LogP contribution in [0.4, 0.5) is 10.3 Å². The summed E-state index contributed by atoms with van der Waals surface area (Å²) in [7, 11) is 0. The molecule has 0 spiro atoms. The van der Waals surface area contributed by atoms with Crippen LogP contribution >= 0.6 is 0 Å². The lowest BCUT2D eigenvalue weighted by molar-refractivity contribution is -0.133. The third-order valence-corrected chi connectivity index (χ3v) is 4.75. The van der Waals surface area contributed by atoms with Crippen molar-refractivity contribution in [3.8, 4) is 0 Å². The van der Waals surface area contributed by atoms with E-state index in [1.165, 1.54) is 12.1 Å². The molecule has 1 aliphatic carbocycles. The average Bonchev–Trinajstić information content (AvgIpc) is 3.43. The summed E-state index contributed by atoms with van der Waals surface area (Å²) >= 11 is 0. The molecule has 2 aliphatic rings. The number of carbonyl (C=O) groups is 1. The van der Waals surface area contributed by atoms with Gasteiger partial charge in [0.15, 0.2) is 0 Å². The van der Waals surface area contributed by atoms with Crippen LogP contribution in [0.25, 0.3) is 0 Å². The molecule has 5 nitrogen and oxygen atoms in total. The lowest BCUT2D eigenvalue weighted by Crippen LogP contribution is -2.49. The van der Waals surface area contributed by atoms with Crippen LogP contribution in [0.5, 0.6) is 0 Å². The topological polar surface area (TPSA) is 49.3 Å². The van der Waals surface area contributed by atoms with E-state index in [2.05, 4.69) is 27.1 Å². The van der Waals surface area contributed by atoms with Gasteiger partial charge in [0.1, 0.15) is 5.82 Å². The Morgan fingerprint density at radius 3 is 2.58 bits per heavy atom. The van der Waals surface area contributed by atoms with Crippen molar-refractivity contribution in [3.05, 3.63) is 54.1 Å². The molecule has 6 heteroatoms. The molecule has 2 heterocycles. The Balaban J connectivity index is 1.33. The first-order chi connectivity index (χ1) is 11.7. The standard InChI is InChI=1S/C18H17FN4O/c19-14-4-2-13(3-5-14)15-12-16(15)17(24)22-8-10-23(11-9-22)18-20-6-1-7-21-18/h2-6,15-16H,8-12H2/t15-,16-/m1/s1. The Morgan fingerprint density at radius 1 is 1.17 bits per heavy atom. The SMILES string of the molecule is O=C([C@@H]1C[C@@H]1c1ccc(F)cc1)N1CCN(c2nc#ccn2)CC1. The fraction of sp³-hybridized carbons (Fsp3) is 0.389. The Morgan fingerprint density at radius 2 is 1.92 bits per heavy atom. The largest absolute Gasteiger partial charge is 0.339 e. The second kappa shape index (κ2) is 6.08. The Hall–Kier alpha value is -2.68. The number of rotatable bonds is 3. The van der Waals surface area contributed by atoms with E-state index in [9.17, 15) is 9.18 Å². The van der Waals surface area contributed by atoms with E-state index in [0.29, 0.717) is 19.0 Å². The van der Waals surface area contributed by atoms with Gasteiger partial charge in [0, 0.05) is 38.3 Å². The van der Waals surface area contributed by atoms with E-state index in [0.717, 1.165) is 25.1 Å². The highest BCUT2D eigenvalue weighted by molar-refractivity contribution is 5.83. The van der Waals surface area contributed by atoms with Crippen molar-refractivity contribution in [3.63, 3.8) is 0 Å². The Bertz CT molecular complexity index is 714. The molecular weight excluding hydrogens is 307 g/mol. The lowest BCUT2D eigenvalue weighted by Gasteiger charge is -2.34. The van der Waals surface area contributed by atoms with Gasteiger partial charge < -0.3 is 9.80 Å². The van der Waals surface area contributed by atoms with Crippen LogP contribution < -0.4 is 4.90 Å². The summed E-state index contributed by atoms with van der Waals surface area (Å²) in [4.78, 5) is 24.9. The fourth-order valence-electron chi connectivity index (χ4n) is 3.29. The van der Waals surface area contributed by atoms with E-state index in [1.807, 2.05) is 4.90 Å². The van der Waals surface area contributed by atoms with Gasteiger partial charge in [0.25, 0.3) is 0 Å². The number of amides is 1. The van der Waals surface area contributed by atoms with Crippen LogP contribution in [0.2, 0.25) is 0 Å².